The van der Waals surface area contributed by atoms with Crippen LogP contribution in [-0.2, 0) is 21.9 Å². The zero-order valence-corrected chi connectivity index (χ0v) is 19.1. The minimum absolute atomic E-state index is 0.104. The highest BCUT2D eigenvalue weighted by molar-refractivity contribution is 7.99. The van der Waals surface area contributed by atoms with Crippen LogP contribution >= 0.6 is 11.8 Å². The summed E-state index contributed by atoms with van der Waals surface area (Å²) in [5.41, 5.74) is 2.69. The first-order chi connectivity index (χ1) is 15.0. The van der Waals surface area contributed by atoms with Crippen LogP contribution in [0.1, 0.15) is 49.3 Å². The number of carbonyl (C=O) groups is 2. The van der Waals surface area contributed by atoms with E-state index in [1.807, 2.05) is 31.2 Å². The van der Waals surface area contributed by atoms with Gasteiger partial charge >= 0.3 is 0 Å². The average Bonchev–Trinajstić information content (AvgIpc) is 3.27. The van der Waals surface area contributed by atoms with E-state index in [4.69, 9.17) is 0 Å². The molecule has 3 rings (SSSR count). The second-order valence-electron chi connectivity index (χ2n) is 8.20. The molecule has 0 aliphatic heterocycles. The Morgan fingerprint density at radius 1 is 1.10 bits per heavy atom. The van der Waals surface area contributed by atoms with Crippen molar-refractivity contribution in [2.24, 2.45) is 0 Å². The number of halogens is 1. The van der Waals surface area contributed by atoms with Gasteiger partial charge in [0.1, 0.15) is 11.9 Å². The normalized spacial score (nSPS) is 14.9. The molecule has 1 unspecified atom stereocenters. The Balaban J connectivity index is 1.67. The third-order valence-electron chi connectivity index (χ3n) is 5.91. The minimum atomic E-state index is -0.568. The van der Waals surface area contributed by atoms with Gasteiger partial charge in [-0.05, 0) is 49.4 Å². The number of benzene rings is 2. The maximum Gasteiger partial charge on any atom is 0.242 e. The van der Waals surface area contributed by atoms with E-state index in [0.717, 1.165) is 36.8 Å². The fraction of sp³-hybridized carbons (Fsp3) is 0.440. The van der Waals surface area contributed by atoms with Crippen LogP contribution < -0.4 is 5.32 Å². The molecule has 1 aliphatic carbocycles. The van der Waals surface area contributed by atoms with Gasteiger partial charge in [0.25, 0.3) is 0 Å². The van der Waals surface area contributed by atoms with E-state index < -0.39 is 6.04 Å². The Morgan fingerprint density at radius 3 is 2.42 bits per heavy atom. The average molecular weight is 443 g/mol. The summed E-state index contributed by atoms with van der Waals surface area (Å²) in [4.78, 5) is 27.7. The minimum Gasteiger partial charge on any atom is -0.352 e. The van der Waals surface area contributed by atoms with Crippen LogP contribution in [0.15, 0.2) is 48.5 Å². The zero-order chi connectivity index (χ0) is 22.2. The van der Waals surface area contributed by atoms with E-state index >= 15 is 0 Å². The number of hydrogen-bond acceptors (Lipinski definition) is 3. The molecule has 0 heterocycles. The Kier molecular flexibility index (Phi) is 8.52. The molecular weight excluding hydrogens is 411 g/mol. The molecule has 0 radical (unpaired) electrons. The second kappa shape index (κ2) is 11.3. The van der Waals surface area contributed by atoms with Crippen LogP contribution in [0, 0.1) is 12.7 Å². The van der Waals surface area contributed by atoms with Crippen LogP contribution in [0.5, 0.6) is 0 Å². The monoisotopic (exact) mass is 442 g/mol. The number of carbonyl (C=O) groups excluding carboxylic acids is 2. The van der Waals surface area contributed by atoms with E-state index in [1.165, 1.54) is 17.8 Å². The lowest BCUT2D eigenvalue weighted by Gasteiger charge is -2.30. The van der Waals surface area contributed by atoms with E-state index in [9.17, 15) is 14.0 Å². The summed E-state index contributed by atoms with van der Waals surface area (Å²) in [6.45, 7) is 4.18. The summed E-state index contributed by atoms with van der Waals surface area (Å²) in [6, 6.07) is 14.2. The van der Waals surface area contributed by atoms with Crippen molar-refractivity contribution in [3.05, 3.63) is 71.0 Å². The Bertz CT molecular complexity index is 899. The Morgan fingerprint density at radius 2 is 1.74 bits per heavy atom. The van der Waals surface area contributed by atoms with Crippen molar-refractivity contribution in [2.45, 2.75) is 63.9 Å². The van der Waals surface area contributed by atoms with Gasteiger partial charge in [0.2, 0.25) is 11.8 Å². The Hall–Kier alpha value is -2.34. The standard InChI is InChI=1S/C25H31FN2O2S/c1-18-9-3-4-10-20(18)15-28(19(2)25(30)27-22-12-6-7-13-22)24(29)17-31-16-21-11-5-8-14-23(21)26/h3-5,8-11,14,19,22H,6-7,12-13,15-17H2,1-2H3,(H,27,30). The molecule has 1 aliphatic rings. The molecule has 0 spiro atoms. The summed E-state index contributed by atoms with van der Waals surface area (Å²) >= 11 is 1.37. The highest BCUT2D eigenvalue weighted by Gasteiger charge is 2.28. The number of rotatable bonds is 9. The SMILES string of the molecule is Cc1ccccc1CN(C(=O)CSCc1ccccc1F)C(C)C(=O)NC1CCCC1. The van der Waals surface area contributed by atoms with Gasteiger partial charge in [-0.1, -0.05) is 55.3 Å². The molecule has 1 atom stereocenters. The van der Waals surface area contributed by atoms with E-state index in [0.29, 0.717) is 17.9 Å². The smallest absolute Gasteiger partial charge is 0.242 e. The lowest BCUT2D eigenvalue weighted by atomic mass is 10.1. The molecule has 6 heteroatoms. The molecule has 166 valence electrons. The first-order valence-corrected chi connectivity index (χ1v) is 12.1. The molecule has 2 amide bonds. The molecule has 0 saturated heterocycles. The van der Waals surface area contributed by atoms with E-state index in [1.54, 1.807) is 30.0 Å². The van der Waals surface area contributed by atoms with Crippen LogP contribution in [0.25, 0.3) is 0 Å². The fourth-order valence-corrected chi connectivity index (χ4v) is 4.79. The molecular formula is C25H31FN2O2S. The number of aryl methyl sites for hydroxylation is 1. The van der Waals surface area contributed by atoms with Gasteiger partial charge in [0.05, 0.1) is 5.75 Å². The van der Waals surface area contributed by atoms with Crippen LogP contribution in [0.3, 0.4) is 0 Å². The van der Waals surface area contributed by atoms with E-state index in [2.05, 4.69) is 5.32 Å². The van der Waals surface area contributed by atoms with Gasteiger partial charge in [0, 0.05) is 18.3 Å². The van der Waals surface area contributed by atoms with Gasteiger partial charge < -0.3 is 10.2 Å². The second-order valence-corrected chi connectivity index (χ2v) is 9.18. The van der Waals surface area contributed by atoms with Crippen LogP contribution in [-0.4, -0.2) is 34.6 Å². The molecule has 2 aromatic carbocycles. The molecule has 1 saturated carbocycles. The quantitative estimate of drug-likeness (QED) is 0.604. The van der Waals surface area contributed by atoms with Gasteiger partial charge in [0.15, 0.2) is 0 Å². The molecule has 0 bridgehead atoms. The predicted molar refractivity (Wildman–Crippen MR) is 124 cm³/mol. The first kappa shape index (κ1) is 23.3. The molecule has 31 heavy (non-hydrogen) atoms. The summed E-state index contributed by atoms with van der Waals surface area (Å²) < 4.78 is 13.9. The van der Waals surface area contributed by atoms with Crippen molar-refractivity contribution >= 4 is 23.6 Å². The molecule has 1 fully saturated rings. The highest BCUT2D eigenvalue weighted by atomic mass is 32.2. The molecule has 1 N–H and O–H groups in total. The number of nitrogens with one attached hydrogen (secondary N) is 1. The number of nitrogens with zero attached hydrogens (tertiary/aromatic N) is 1. The first-order valence-electron chi connectivity index (χ1n) is 10.9. The van der Waals surface area contributed by atoms with Crippen LogP contribution in [0.4, 0.5) is 4.39 Å². The highest BCUT2D eigenvalue weighted by Crippen LogP contribution is 2.20. The van der Waals surface area contributed by atoms with Crippen molar-refractivity contribution in [2.75, 3.05) is 5.75 Å². The lowest BCUT2D eigenvalue weighted by Crippen LogP contribution is -2.50. The van der Waals surface area contributed by atoms with Gasteiger partial charge in [-0.2, -0.15) is 0 Å². The summed E-state index contributed by atoms with van der Waals surface area (Å²) in [7, 11) is 0. The lowest BCUT2D eigenvalue weighted by molar-refractivity contribution is -0.139. The third-order valence-corrected chi connectivity index (χ3v) is 6.88. The maximum atomic E-state index is 13.9. The van der Waals surface area contributed by atoms with E-state index in [-0.39, 0.29) is 29.4 Å². The summed E-state index contributed by atoms with van der Waals surface area (Å²) in [5.74, 6) is 0.135. The topological polar surface area (TPSA) is 49.4 Å². The molecule has 0 aromatic heterocycles. The number of thioether (sulfide) groups is 1. The van der Waals surface area contributed by atoms with Crippen molar-refractivity contribution in [1.29, 1.82) is 0 Å². The van der Waals surface area contributed by atoms with Gasteiger partial charge in [-0.3, -0.25) is 9.59 Å². The van der Waals surface area contributed by atoms with Crippen LogP contribution in [0.2, 0.25) is 0 Å². The largest absolute Gasteiger partial charge is 0.352 e. The predicted octanol–water partition coefficient (Wildman–Crippen LogP) is 4.84. The Labute approximate surface area is 188 Å². The number of hydrogen-bond donors (Lipinski definition) is 1. The summed E-state index contributed by atoms with van der Waals surface area (Å²) in [5, 5.41) is 3.11. The zero-order valence-electron chi connectivity index (χ0n) is 18.3. The third kappa shape index (κ3) is 6.57. The van der Waals surface area contributed by atoms with Crippen molar-refractivity contribution in [1.82, 2.24) is 10.2 Å². The maximum absolute atomic E-state index is 13.9. The molecule has 4 nitrogen and oxygen atoms in total. The van der Waals surface area contributed by atoms with Crippen molar-refractivity contribution in [3.63, 3.8) is 0 Å². The van der Waals surface area contributed by atoms with Gasteiger partial charge in [-0.25, -0.2) is 4.39 Å². The van der Waals surface area contributed by atoms with Gasteiger partial charge in [-0.15, -0.1) is 11.8 Å². The fourth-order valence-electron chi connectivity index (χ4n) is 3.89. The molecule has 2 aromatic rings. The summed E-state index contributed by atoms with van der Waals surface area (Å²) in [6.07, 6.45) is 4.28. The van der Waals surface area contributed by atoms with Crippen molar-refractivity contribution < 1.29 is 14.0 Å². The van der Waals surface area contributed by atoms with Crippen molar-refractivity contribution in [3.8, 4) is 0 Å². The number of amides is 2.